The standard InChI is InChI=1S/C21H26N4O3/c1-28-15-21(10-12-22-13-11-21)19(26)23-17-8-5-9-18(14-17)25-20(27)24-16-6-3-2-4-7-16/h2-9,14,22H,10-13,15H2,1H3,(H,23,26)(H2,24,25,27). The minimum atomic E-state index is -0.534. The molecule has 1 fully saturated rings. The van der Waals surface area contributed by atoms with Gasteiger partial charge in [-0.05, 0) is 56.3 Å². The van der Waals surface area contributed by atoms with Crippen LogP contribution in [0.1, 0.15) is 12.8 Å². The molecule has 0 radical (unpaired) electrons. The third-order valence-electron chi connectivity index (χ3n) is 4.87. The molecule has 0 unspecified atom stereocenters. The van der Waals surface area contributed by atoms with Crippen LogP contribution in [0.3, 0.4) is 0 Å². The number of urea groups is 1. The Labute approximate surface area is 164 Å². The molecule has 2 aromatic carbocycles. The number of para-hydroxylation sites is 1. The van der Waals surface area contributed by atoms with Crippen molar-refractivity contribution in [3.8, 4) is 0 Å². The molecule has 0 aliphatic carbocycles. The third-order valence-corrected chi connectivity index (χ3v) is 4.87. The maximum Gasteiger partial charge on any atom is 0.323 e. The topological polar surface area (TPSA) is 91.5 Å². The summed E-state index contributed by atoms with van der Waals surface area (Å²) in [5.41, 5.74) is 1.40. The van der Waals surface area contributed by atoms with Crippen molar-refractivity contribution in [2.75, 3.05) is 42.8 Å². The zero-order valence-corrected chi connectivity index (χ0v) is 16.0. The van der Waals surface area contributed by atoms with E-state index in [2.05, 4.69) is 21.3 Å². The van der Waals surface area contributed by atoms with Crippen LogP contribution in [0.4, 0.5) is 21.9 Å². The molecule has 148 valence electrons. The summed E-state index contributed by atoms with van der Waals surface area (Å²) in [5.74, 6) is -0.0539. The van der Waals surface area contributed by atoms with Crippen molar-refractivity contribution in [2.24, 2.45) is 5.41 Å². The van der Waals surface area contributed by atoms with Gasteiger partial charge in [0.1, 0.15) is 0 Å². The summed E-state index contributed by atoms with van der Waals surface area (Å²) < 4.78 is 5.32. The van der Waals surface area contributed by atoms with Crippen LogP contribution in [-0.4, -0.2) is 38.7 Å². The minimum absolute atomic E-state index is 0.0539. The highest BCUT2D eigenvalue weighted by Gasteiger charge is 2.39. The Morgan fingerprint density at radius 1 is 0.929 bits per heavy atom. The van der Waals surface area contributed by atoms with Gasteiger partial charge in [0.15, 0.2) is 0 Å². The molecule has 7 nitrogen and oxygen atoms in total. The summed E-state index contributed by atoms with van der Waals surface area (Å²) in [6.07, 6.45) is 1.45. The average molecular weight is 382 g/mol. The summed E-state index contributed by atoms with van der Waals surface area (Å²) in [4.78, 5) is 25.1. The van der Waals surface area contributed by atoms with E-state index < -0.39 is 5.41 Å². The molecule has 28 heavy (non-hydrogen) atoms. The van der Waals surface area contributed by atoms with Gasteiger partial charge in [-0.2, -0.15) is 0 Å². The first-order chi connectivity index (χ1) is 13.6. The van der Waals surface area contributed by atoms with E-state index in [-0.39, 0.29) is 11.9 Å². The van der Waals surface area contributed by atoms with Crippen LogP contribution in [0.25, 0.3) is 0 Å². The van der Waals surface area contributed by atoms with Crippen LogP contribution in [0.15, 0.2) is 54.6 Å². The Kier molecular flexibility index (Phi) is 6.62. The summed E-state index contributed by atoms with van der Waals surface area (Å²) >= 11 is 0. The van der Waals surface area contributed by atoms with Crippen LogP contribution in [0.5, 0.6) is 0 Å². The monoisotopic (exact) mass is 382 g/mol. The molecular formula is C21H26N4O3. The predicted molar refractivity (Wildman–Crippen MR) is 111 cm³/mol. The molecule has 1 aliphatic rings. The first-order valence-corrected chi connectivity index (χ1v) is 9.35. The second kappa shape index (κ2) is 9.34. The average Bonchev–Trinajstić information content (AvgIpc) is 2.70. The SMILES string of the molecule is COCC1(C(=O)Nc2cccc(NC(=O)Nc3ccccc3)c2)CCNCC1. The smallest absolute Gasteiger partial charge is 0.323 e. The molecule has 1 saturated heterocycles. The number of carbonyl (C=O) groups is 2. The van der Waals surface area contributed by atoms with E-state index in [1.807, 2.05) is 30.3 Å². The molecule has 0 bridgehead atoms. The van der Waals surface area contributed by atoms with Crippen molar-refractivity contribution in [3.63, 3.8) is 0 Å². The number of carbonyl (C=O) groups excluding carboxylic acids is 2. The molecule has 4 N–H and O–H groups in total. The van der Waals surface area contributed by atoms with E-state index in [0.29, 0.717) is 23.7 Å². The fourth-order valence-electron chi connectivity index (χ4n) is 3.37. The van der Waals surface area contributed by atoms with Gasteiger partial charge in [-0.15, -0.1) is 0 Å². The largest absolute Gasteiger partial charge is 0.384 e. The number of nitrogens with one attached hydrogen (secondary N) is 4. The van der Waals surface area contributed by atoms with Crippen molar-refractivity contribution < 1.29 is 14.3 Å². The van der Waals surface area contributed by atoms with Gasteiger partial charge in [0, 0.05) is 24.2 Å². The van der Waals surface area contributed by atoms with Gasteiger partial charge in [0.2, 0.25) is 5.91 Å². The molecule has 2 aromatic rings. The van der Waals surface area contributed by atoms with E-state index >= 15 is 0 Å². The fraction of sp³-hybridized carbons (Fsp3) is 0.333. The number of ether oxygens (including phenoxy) is 1. The molecule has 1 aliphatic heterocycles. The second-order valence-corrected chi connectivity index (χ2v) is 6.94. The van der Waals surface area contributed by atoms with Crippen molar-refractivity contribution in [1.29, 1.82) is 0 Å². The fourth-order valence-corrected chi connectivity index (χ4v) is 3.37. The Balaban J connectivity index is 1.64. The van der Waals surface area contributed by atoms with E-state index in [1.165, 1.54) is 0 Å². The maximum atomic E-state index is 12.9. The van der Waals surface area contributed by atoms with Crippen LogP contribution in [0.2, 0.25) is 0 Å². The van der Waals surface area contributed by atoms with Crippen molar-refractivity contribution in [3.05, 3.63) is 54.6 Å². The number of hydrogen-bond acceptors (Lipinski definition) is 4. The predicted octanol–water partition coefficient (Wildman–Crippen LogP) is 3.29. The number of anilines is 3. The van der Waals surface area contributed by atoms with E-state index in [0.717, 1.165) is 25.9 Å². The normalized spacial score (nSPS) is 15.5. The lowest BCUT2D eigenvalue weighted by Crippen LogP contribution is -2.47. The highest BCUT2D eigenvalue weighted by Crippen LogP contribution is 2.31. The first-order valence-electron chi connectivity index (χ1n) is 9.35. The van der Waals surface area contributed by atoms with Gasteiger partial charge >= 0.3 is 6.03 Å². The van der Waals surface area contributed by atoms with Gasteiger partial charge in [-0.1, -0.05) is 24.3 Å². The zero-order chi connectivity index (χ0) is 19.8. The van der Waals surface area contributed by atoms with Crippen molar-refractivity contribution >= 4 is 29.0 Å². The summed E-state index contributed by atoms with van der Waals surface area (Å²) in [6.45, 7) is 1.97. The molecule has 0 atom stereocenters. The van der Waals surface area contributed by atoms with Crippen LogP contribution in [-0.2, 0) is 9.53 Å². The Morgan fingerprint density at radius 3 is 2.21 bits per heavy atom. The second-order valence-electron chi connectivity index (χ2n) is 6.94. The maximum absolute atomic E-state index is 12.9. The van der Waals surface area contributed by atoms with Crippen LogP contribution >= 0.6 is 0 Å². The molecule has 1 heterocycles. The lowest BCUT2D eigenvalue weighted by atomic mass is 9.78. The van der Waals surface area contributed by atoms with Crippen molar-refractivity contribution in [1.82, 2.24) is 5.32 Å². The van der Waals surface area contributed by atoms with Gasteiger partial charge in [-0.3, -0.25) is 4.79 Å². The van der Waals surface area contributed by atoms with Gasteiger partial charge in [-0.25, -0.2) is 4.79 Å². The van der Waals surface area contributed by atoms with E-state index in [4.69, 9.17) is 4.74 Å². The Morgan fingerprint density at radius 2 is 1.54 bits per heavy atom. The van der Waals surface area contributed by atoms with Crippen LogP contribution in [0, 0.1) is 5.41 Å². The zero-order valence-electron chi connectivity index (χ0n) is 16.0. The number of amides is 3. The number of methoxy groups -OCH3 is 1. The molecule has 3 amide bonds. The minimum Gasteiger partial charge on any atom is -0.384 e. The lowest BCUT2D eigenvalue weighted by Gasteiger charge is -2.35. The van der Waals surface area contributed by atoms with E-state index in [9.17, 15) is 9.59 Å². The van der Waals surface area contributed by atoms with Gasteiger partial charge < -0.3 is 26.0 Å². The Hall–Kier alpha value is -2.90. The molecule has 0 spiro atoms. The van der Waals surface area contributed by atoms with Gasteiger partial charge in [0.05, 0.1) is 12.0 Å². The molecule has 0 saturated carbocycles. The lowest BCUT2D eigenvalue weighted by molar-refractivity contribution is -0.130. The summed E-state index contributed by atoms with van der Waals surface area (Å²) in [7, 11) is 1.62. The molecule has 7 heteroatoms. The first kappa shape index (κ1) is 19.9. The Bertz CT molecular complexity index is 799. The number of piperidine rings is 1. The van der Waals surface area contributed by atoms with E-state index in [1.54, 1.807) is 31.4 Å². The van der Waals surface area contributed by atoms with Crippen LogP contribution < -0.4 is 21.3 Å². The number of benzene rings is 2. The summed E-state index contributed by atoms with van der Waals surface area (Å²) in [5, 5.41) is 11.8. The highest BCUT2D eigenvalue weighted by atomic mass is 16.5. The molecule has 3 rings (SSSR count). The quantitative estimate of drug-likeness (QED) is 0.617. The summed E-state index contributed by atoms with van der Waals surface area (Å²) in [6, 6.07) is 16.0. The number of hydrogen-bond donors (Lipinski definition) is 4. The van der Waals surface area contributed by atoms with Crippen molar-refractivity contribution in [2.45, 2.75) is 12.8 Å². The molecular weight excluding hydrogens is 356 g/mol. The molecule has 0 aromatic heterocycles. The highest BCUT2D eigenvalue weighted by molar-refractivity contribution is 6.01. The van der Waals surface area contributed by atoms with Gasteiger partial charge in [0.25, 0.3) is 0 Å². The number of rotatable bonds is 6. The third kappa shape index (κ3) is 5.09.